The zero-order valence-corrected chi connectivity index (χ0v) is 11.6. The second-order valence-corrected chi connectivity index (χ2v) is 5.62. The first-order valence-electron chi connectivity index (χ1n) is 6.07. The van der Waals surface area contributed by atoms with E-state index in [1.165, 1.54) is 6.07 Å². The Morgan fingerprint density at radius 2 is 2.00 bits per heavy atom. The van der Waals surface area contributed by atoms with E-state index in [2.05, 4.69) is 21.2 Å². The molecule has 0 radical (unpaired) electrons. The molecule has 0 heterocycles. The number of anilines is 1. The molecule has 1 saturated carbocycles. The van der Waals surface area contributed by atoms with Crippen molar-refractivity contribution in [2.75, 3.05) is 5.32 Å². The highest BCUT2D eigenvalue weighted by Crippen LogP contribution is 2.30. The summed E-state index contributed by atoms with van der Waals surface area (Å²) in [6.07, 6.45) is 4.32. The van der Waals surface area contributed by atoms with Gasteiger partial charge in [0.1, 0.15) is 5.82 Å². The second-order valence-electron chi connectivity index (χ2n) is 4.77. The van der Waals surface area contributed by atoms with E-state index >= 15 is 0 Å². The highest BCUT2D eigenvalue weighted by molar-refractivity contribution is 9.10. The molecule has 98 valence electrons. The molecule has 0 aliphatic heterocycles. The summed E-state index contributed by atoms with van der Waals surface area (Å²) in [5, 5.41) is 2.60. The molecule has 1 aromatic carbocycles. The molecule has 5 heteroatoms. The molecule has 3 nitrogen and oxygen atoms in total. The predicted molar refractivity (Wildman–Crippen MR) is 72.7 cm³/mol. The van der Waals surface area contributed by atoms with Gasteiger partial charge < -0.3 is 11.1 Å². The average molecular weight is 315 g/mol. The number of benzene rings is 1. The van der Waals surface area contributed by atoms with Crippen molar-refractivity contribution < 1.29 is 9.18 Å². The van der Waals surface area contributed by atoms with Crippen molar-refractivity contribution in [2.24, 2.45) is 5.73 Å². The molecule has 0 bridgehead atoms. The highest BCUT2D eigenvalue weighted by Gasteiger charge is 2.35. The van der Waals surface area contributed by atoms with Gasteiger partial charge in [-0.3, -0.25) is 4.79 Å². The van der Waals surface area contributed by atoms with Crippen LogP contribution in [-0.2, 0) is 4.79 Å². The molecule has 0 spiro atoms. The number of hydrogen-bond donors (Lipinski definition) is 2. The monoisotopic (exact) mass is 314 g/mol. The quantitative estimate of drug-likeness (QED) is 0.880. The van der Waals surface area contributed by atoms with Crippen molar-refractivity contribution in [2.45, 2.75) is 37.6 Å². The van der Waals surface area contributed by atoms with E-state index < -0.39 is 11.4 Å². The van der Waals surface area contributed by atoms with Gasteiger partial charge in [-0.05, 0) is 40.9 Å². The first-order valence-corrected chi connectivity index (χ1v) is 6.86. The number of carbonyl (C=O) groups excluding carboxylic acids is 1. The third kappa shape index (κ3) is 2.72. The van der Waals surface area contributed by atoms with Crippen LogP contribution in [0.15, 0.2) is 22.7 Å². The van der Waals surface area contributed by atoms with Crippen LogP contribution in [0.1, 0.15) is 32.1 Å². The lowest BCUT2D eigenvalue weighted by molar-refractivity contribution is -0.122. The summed E-state index contributed by atoms with van der Waals surface area (Å²) < 4.78 is 14.1. The Kier molecular flexibility index (Phi) is 4.02. The molecule has 1 fully saturated rings. The van der Waals surface area contributed by atoms with Crippen LogP contribution < -0.4 is 11.1 Å². The molecule has 1 aliphatic carbocycles. The van der Waals surface area contributed by atoms with Crippen molar-refractivity contribution in [3.63, 3.8) is 0 Å². The van der Waals surface area contributed by atoms with Gasteiger partial charge in [0.15, 0.2) is 0 Å². The minimum Gasteiger partial charge on any atom is -0.321 e. The van der Waals surface area contributed by atoms with Gasteiger partial charge >= 0.3 is 0 Å². The van der Waals surface area contributed by atoms with Crippen LogP contribution in [0.4, 0.5) is 10.1 Å². The molecule has 0 aromatic heterocycles. The molecule has 1 amide bonds. The number of nitrogens with one attached hydrogen (secondary N) is 1. The predicted octanol–water partition coefficient (Wildman–Crippen LogP) is 3.19. The number of hydrogen-bond acceptors (Lipinski definition) is 2. The molecule has 2 rings (SSSR count). The van der Waals surface area contributed by atoms with E-state index in [4.69, 9.17) is 5.73 Å². The van der Waals surface area contributed by atoms with Crippen LogP contribution in [0.5, 0.6) is 0 Å². The minimum atomic E-state index is -0.861. The van der Waals surface area contributed by atoms with Gasteiger partial charge in [-0.15, -0.1) is 0 Å². The Bertz CT molecular complexity index is 438. The van der Waals surface area contributed by atoms with Crippen LogP contribution in [0.25, 0.3) is 0 Å². The Labute approximate surface area is 114 Å². The van der Waals surface area contributed by atoms with Crippen molar-refractivity contribution in [1.82, 2.24) is 0 Å². The van der Waals surface area contributed by atoms with E-state index in [0.29, 0.717) is 17.3 Å². The molecular formula is C13H16BrFN2O. The summed E-state index contributed by atoms with van der Waals surface area (Å²) in [4.78, 5) is 12.2. The Hall–Kier alpha value is -0.940. The molecule has 3 N–H and O–H groups in total. The summed E-state index contributed by atoms with van der Waals surface area (Å²) in [6.45, 7) is 0. The van der Waals surface area contributed by atoms with Gasteiger partial charge in [0.25, 0.3) is 0 Å². The zero-order chi connectivity index (χ0) is 13.2. The first kappa shape index (κ1) is 13.5. The normalized spacial score (nSPS) is 18.4. The minimum absolute atomic E-state index is 0.165. The molecule has 18 heavy (non-hydrogen) atoms. The van der Waals surface area contributed by atoms with E-state index in [1.807, 2.05) is 0 Å². The maximum atomic E-state index is 13.6. The topological polar surface area (TPSA) is 55.1 Å². The van der Waals surface area contributed by atoms with Gasteiger partial charge in [-0.25, -0.2) is 4.39 Å². The average Bonchev–Trinajstić information content (AvgIpc) is 2.34. The van der Waals surface area contributed by atoms with E-state index in [1.54, 1.807) is 12.1 Å². The van der Waals surface area contributed by atoms with Crippen LogP contribution in [-0.4, -0.2) is 11.4 Å². The fourth-order valence-corrected chi connectivity index (χ4v) is 2.71. The lowest BCUT2D eigenvalue weighted by Crippen LogP contribution is -2.52. The number of rotatable bonds is 2. The summed E-state index contributed by atoms with van der Waals surface area (Å²) in [5.41, 5.74) is 5.40. The third-order valence-corrected chi connectivity index (χ3v) is 4.06. The fourth-order valence-electron chi connectivity index (χ4n) is 2.26. The van der Waals surface area contributed by atoms with Crippen molar-refractivity contribution in [3.8, 4) is 0 Å². The van der Waals surface area contributed by atoms with Crippen LogP contribution in [0.3, 0.4) is 0 Å². The van der Waals surface area contributed by atoms with Gasteiger partial charge in [0.05, 0.1) is 11.2 Å². The van der Waals surface area contributed by atoms with E-state index in [-0.39, 0.29) is 11.6 Å². The van der Waals surface area contributed by atoms with Crippen LogP contribution in [0.2, 0.25) is 0 Å². The number of para-hydroxylation sites is 1. The van der Waals surface area contributed by atoms with Crippen molar-refractivity contribution >= 4 is 27.5 Å². The summed E-state index contributed by atoms with van der Waals surface area (Å²) in [7, 11) is 0. The third-order valence-electron chi connectivity index (χ3n) is 3.40. The second kappa shape index (κ2) is 5.36. The SMILES string of the molecule is NC1(C(=O)Nc2c(F)cccc2Br)CCCCC1. The molecule has 0 atom stereocenters. The number of amides is 1. The lowest BCUT2D eigenvalue weighted by atomic mass is 9.82. The zero-order valence-electron chi connectivity index (χ0n) is 10.0. The fraction of sp³-hybridized carbons (Fsp3) is 0.462. The maximum absolute atomic E-state index is 13.6. The Morgan fingerprint density at radius 3 is 2.61 bits per heavy atom. The summed E-state index contributed by atoms with van der Waals surface area (Å²) in [6, 6.07) is 4.57. The summed E-state index contributed by atoms with van der Waals surface area (Å²) in [5.74, 6) is -0.759. The van der Waals surface area contributed by atoms with Crippen molar-refractivity contribution in [3.05, 3.63) is 28.5 Å². The molecule has 1 aliphatic rings. The maximum Gasteiger partial charge on any atom is 0.244 e. The first-order chi connectivity index (χ1) is 8.53. The molecule has 0 saturated heterocycles. The number of halogens is 2. The smallest absolute Gasteiger partial charge is 0.244 e. The van der Waals surface area contributed by atoms with Crippen molar-refractivity contribution in [1.29, 1.82) is 0 Å². The number of carbonyl (C=O) groups is 1. The molecule has 1 aromatic rings. The van der Waals surface area contributed by atoms with E-state index in [0.717, 1.165) is 19.3 Å². The van der Waals surface area contributed by atoms with Gasteiger partial charge in [-0.2, -0.15) is 0 Å². The van der Waals surface area contributed by atoms with Gasteiger partial charge in [0, 0.05) is 4.47 Å². The molecular weight excluding hydrogens is 299 g/mol. The lowest BCUT2D eigenvalue weighted by Gasteiger charge is -2.31. The number of nitrogens with two attached hydrogens (primary N) is 1. The van der Waals surface area contributed by atoms with Gasteiger partial charge in [0.2, 0.25) is 5.91 Å². The largest absolute Gasteiger partial charge is 0.321 e. The summed E-state index contributed by atoms with van der Waals surface area (Å²) >= 11 is 3.22. The highest BCUT2D eigenvalue weighted by atomic mass is 79.9. The van der Waals surface area contributed by atoms with E-state index in [9.17, 15) is 9.18 Å². The molecule has 0 unspecified atom stereocenters. The Morgan fingerprint density at radius 1 is 1.33 bits per heavy atom. The van der Waals surface area contributed by atoms with Gasteiger partial charge in [-0.1, -0.05) is 25.3 Å². The van der Waals surface area contributed by atoms with Crippen LogP contribution >= 0.6 is 15.9 Å². The Balaban J connectivity index is 2.16. The standard InChI is InChI=1S/C13H16BrFN2O/c14-9-5-4-6-10(15)11(9)17-12(18)13(16)7-2-1-3-8-13/h4-6H,1-3,7-8,16H2,(H,17,18). The van der Waals surface area contributed by atoms with Crippen LogP contribution in [0, 0.1) is 5.82 Å².